The smallest absolute Gasteiger partial charge is 1.00 e. The molecule has 0 amide bonds. The zero-order valence-corrected chi connectivity index (χ0v) is 4.39. The number of carbonyl (C=O) groups excluding carboxylic acids is 1. The molecule has 0 aromatic rings. The van der Waals surface area contributed by atoms with Crippen molar-refractivity contribution in [3.63, 3.8) is 0 Å². The van der Waals surface area contributed by atoms with E-state index >= 15 is 0 Å². The van der Waals surface area contributed by atoms with E-state index in [2.05, 4.69) is 0 Å². The maximum Gasteiger partial charge on any atom is 1.00 e. The molecule has 0 aromatic carbocycles. The monoisotopic (exact) mass is 110 g/mol. The summed E-state index contributed by atoms with van der Waals surface area (Å²) in [5, 5.41) is 8.25. The van der Waals surface area contributed by atoms with Gasteiger partial charge in [-0.3, -0.25) is 0 Å². The molecule has 0 saturated carbocycles. The van der Waals surface area contributed by atoms with E-state index in [9.17, 15) is 0 Å². The molecule has 0 spiro atoms. The van der Waals surface area contributed by atoms with E-state index in [1.807, 2.05) is 0 Å². The molecule has 0 aromatic heterocycles. The van der Waals surface area contributed by atoms with E-state index in [0.717, 1.165) is 0 Å². The summed E-state index contributed by atoms with van der Waals surface area (Å²) in [5.74, 6) is 0. The van der Waals surface area contributed by atoms with Crippen molar-refractivity contribution in [2.75, 3.05) is 0 Å². The number of rotatable bonds is 0. The first-order valence-electron chi connectivity index (χ1n) is 0.471. The standard InChI is InChI=1S/CH2O2.Ca.Na.2H/c2-1-3;;;;/h1H,(H,2,3);;;;/q;;+1;;/p-1. The van der Waals surface area contributed by atoms with Gasteiger partial charge in [-0.15, -0.1) is 0 Å². The average Bonchev–Trinajstić information content (AvgIpc) is 0.918. The maximum absolute atomic E-state index is 8.25. The predicted octanol–water partition coefficient (Wildman–Crippen LogP) is -5.55. The minimum atomic E-state index is -0.500. The van der Waals surface area contributed by atoms with E-state index in [0.29, 0.717) is 0 Å². The summed E-state index contributed by atoms with van der Waals surface area (Å²) in [6, 6.07) is 0. The Morgan fingerprint density at radius 1 is 1.60 bits per heavy atom. The van der Waals surface area contributed by atoms with Crippen molar-refractivity contribution >= 4 is 44.2 Å². The summed E-state index contributed by atoms with van der Waals surface area (Å²) in [6.07, 6.45) is 0. The van der Waals surface area contributed by atoms with Crippen LogP contribution in [0.1, 0.15) is 0 Å². The van der Waals surface area contributed by atoms with Crippen molar-refractivity contribution in [2.45, 2.75) is 0 Å². The van der Waals surface area contributed by atoms with Crippen molar-refractivity contribution in [3.8, 4) is 0 Å². The van der Waals surface area contributed by atoms with E-state index in [1.54, 1.807) is 0 Å². The van der Waals surface area contributed by atoms with Gasteiger partial charge >= 0.3 is 67.3 Å². The van der Waals surface area contributed by atoms with Gasteiger partial charge in [0.1, 0.15) is 0 Å². The third-order valence-corrected chi connectivity index (χ3v) is 0. The summed E-state index contributed by atoms with van der Waals surface area (Å²) in [6.45, 7) is -0.500. The zero-order chi connectivity index (χ0) is 2.71. The van der Waals surface area contributed by atoms with E-state index in [-0.39, 0.29) is 67.3 Å². The number of carboxylic acid groups (broad SMARTS) is 1. The predicted molar refractivity (Wildman–Crippen MR) is 14.6 cm³/mol. The second-order valence-corrected chi connectivity index (χ2v) is 0.0962. The molecule has 0 atom stereocenters. The van der Waals surface area contributed by atoms with Crippen molar-refractivity contribution in [3.05, 3.63) is 0 Å². The Hall–Kier alpha value is 1.73. The molecule has 0 fully saturated rings. The fourth-order valence-electron chi connectivity index (χ4n) is 0. The quantitative estimate of drug-likeness (QED) is 0.230. The van der Waals surface area contributed by atoms with Crippen molar-refractivity contribution in [1.82, 2.24) is 0 Å². The Bertz CT molecular complexity index is 17.1. The van der Waals surface area contributed by atoms with Crippen LogP contribution < -0.4 is 34.7 Å². The summed E-state index contributed by atoms with van der Waals surface area (Å²) in [7, 11) is 0. The van der Waals surface area contributed by atoms with Gasteiger partial charge in [0.2, 0.25) is 0 Å². The first-order valence-corrected chi connectivity index (χ1v) is 0.471. The molecule has 0 N–H and O–H groups in total. The molecule has 0 aliphatic heterocycles. The fraction of sp³-hybridized carbons (Fsp3) is 0. The average molecular weight is 110 g/mol. The van der Waals surface area contributed by atoms with Crippen LogP contribution in [0.2, 0.25) is 0 Å². The van der Waals surface area contributed by atoms with Crippen molar-refractivity contribution in [1.29, 1.82) is 0 Å². The molecule has 0 radical (unpaired) electrons. The summed E-state index contributed by atoms with van der Waals surface area (Å²) in [5.41, 5.74) is 0. The summed E-state index contributed by atoms with van der Waals surface area (Å²) in [4.78, 5) is 8.25. The molecule has 0 aliphatic carbocycles. The van der Waals surface area contributed by atoms with Gasteiger partial charge < -0.3 is 9.90 Å². The Morgan fingerprint density at radius 3 is 1.60 bits per heavy atom. The maximum atomic E-state index is 8.25. The van der Waals surface area contributed by atoms with Crippen LogP contribution in [0.15, 0.2) is 0 Å². The third kappa shape index (κ3) is 26.6. The Labute approximate surface area is 82.2 Å². The molecule has 0 rings (SSSR count). The molecule has 5 heavy (non-hydrogen) atoms. The largest absolute Gasteiger partial charge is 1.00 e. The van der Waals surface area contributed by atoms with Crippen LogP contribution in [0.4, 0.5) is 0 Å². The Balaban J connectivity index is -0.0000000200. The Kier molecular flexibility index (Phi) is 54.6. The first-order chi connectivity index (χ1) is 1.41. The topological polar surface area (TPSA) is 40.1 Å². The molecule has 0 heterocycles. The van der Waals surface area contributed by atoms with E-state index in [4.69, 9.17) is 9.90 Å². The molecule has 0 saturated heterocycles. The summed E-state index contributed by atoms with van der Waals surface area (Å²) < 4.78 is 0. The van der Waals surface area contributed by atoms with Crippen LogP contribution in [0.5, 0.6) is 0 Å². The zero-order valence-electron chi connectivity index (χ0n) is 2.39. The molecule has 0 unspecified atom stereocenters. The third-order valence-electron chi connectivity index (χ3n) is 0. The van der Waals surface area contributed by atoms with Gasteiger partial charge in [0, 0.05) is 6.47 Å². The van der Waals surface area contributed by atoms with E-state index in [1.165, 1.54) is 0 Å². The normalized spacial score (nSPS) is 2.40. The minimum absolute atomic E-state index is 0. The first kappa shape index (κ1) is 15.9. The number of carbonyl (C=O) groups is 1. The van der Waals surface area contributed by atoms with Crippen LogP contribution in [-0.2, 0) is 4.79 Å². The van der Waals surface area contributed by atoms with Crippen LogP contribution >= 0.6 is 0 Å². The van der Waals surface area contributed by atoms with E-state index < -0.39 is 6.47 Å². The number of hydrogen-bond acceptors (Lipinski definition) is 2. The Morgan fingerprint density at radius 2 is 1.60 bits per heavy atom. The SMILES string of the molecule is O=C[O-].[CaH2].[Na+]. The van der Waals surface area contributed by atoms with Gasteiger partial charge in [-0.25, -0.2) is 0 Å². The van der Waals surface area contributed by atoms with Gasteiger partial charge in [0.25, 0.3) is 0 Å². The van der Waals surface area contributed by atoms with Gasteiger partial charge in [-0.1, -0.05) is 0 Å². The molecule has 0 aliphatic rings. The van der Waals surface area contributed by atoms with Crippen LogP contribution in [-0.4, -0.2) is 44.2 Å². The molecule has 2 nitrogen and oxygen atoms in total. The van der Waals surface area contributed by atoms with Crippen molar-refractivity contribution < 1.29 is 39.5 Å². The molecule has 22 valence electrons. The number of hydrogen-bond donors (Lipinski definition) is 0. The second kappa shape index (κ2) is 17.2. The van der Waals surface area contributed by atoms with Crippen LogP contribution in [0, 0.1) is 0 Å². The molecule has 4 heteroatoms. The fourth-order valence-corrected chi connectivity index (χ4v) is 0. The minimum Gasteiger partial charge on any atom is 1.00 e. The van der Waals surface area contributed by atoms with Crippen LogP contribution in [0.3, 0.4) is 0 Å². The van der Waals surface area contributed by atoms with Crippen molar-refractivity contribution in [2.24, 2.45) is 0 Å². The molecular weight excluding hydrogens is 107 g/mol. The van der Waals surface area contributed by atoms with Gasteiger partial charge in [-0.2, -0.15) is 0 Å². The van der Waals surface area contributed by atoms with Crippen LogP contribution in [0.25, 0.3) is 0 Å². The second-order valence-electron chi connectivity index (χ2n) is 0.0962. The van der Waals surface area contributed by atoms with Gasteiger partial charge in [0.05, 0.1) is 0 Å². The summed E-state index contributed by atoms with van der Waals surface area (Å²) >= 11 is 0. The van der Waals surface area contributed by atoms with Gasteiger partial charge in [-0.05, 0) is 0 Å². The molecular formula is CH3CaNaO2. The molecule has 0 bridgehead atoms. The van der Waals surface area contributed by atoms with Gasteiger partial charge in [0.15, 0.2) is 0 Å².